The van der Waals surface area contributed by atoms with E-state index in [1.807, 2.05) is 0 Å². The first-order valence-electron chi connectivity index (χ1n) is 8.14. The zero-order chi connectivity index (χ0) is 17.8. The van der Waals surface area contributed by atoms with Crippen molar-refractivity contribution in [1.29, 1.82) is 0 Å². The van der Waals surface area contributed by atoms with E-state index in [2.05, 4.69) is 0 Å². The van der Waals surface area contributed by atoms with Gasteiger partial charge < -0.3 is 9.64 Å². The van der Waals surface area contributed by atoms with Crippen molar-refractivity contribution < 1.29 is 22.7 Å². The van der Waals surface area contributed by atoms with E-state index in [1.54, 1.807) is 6.07 Å². The van der Waals surface area contributed by atoms with Gasteiger partial charge in [-0.2, -0.15) is 0 Å². The average Bonchev–Trinajstić information content (AvgIpc) is 2.63. The highest BCUT2D eigenvalue weighted by Crippen LogP contribution is 2.20. The highest BCUT2D eigenvalue weighted by Gasteiger charge is 2.26. The molecular formula is C19H18F3NO2. The van der Waals surface area contributed by atoms with E-state index >= 15 is 0 Å². The maximum absolute atomic E-state index is 13.8. The molecule has 1 amide bonds. The average molecular weight is 349 g/mol. The summed E-state index contributed by atoms with van der Waals surface area (Å²) in [7, 11) is 0. The number of halogens is 3. The summed E-state index contributed by atoms with van der Waals surface area (Å²) in [5, 5.41) is 0. The monoisotopic (exact) mass is 349 g/mol. The molecule has 3 rings (SSSR count). The molecule has 0 aromatic heterocycles. The van der Waals surface area contributed by atoms with E-state index in [9.17, 15) is 18.0 Å². The molecule has 1 aliphatic rings. The van der Waals surface area contributed by atoms with Gasteiger partial charge in [-0.3, -0.25) is 4.79 Å². The van der Waals surface area contributed by atoms with Gasteiger partial charge in [0.15, 0.2) is 11.6 Å². The third-order valence-electron chi connectivity index (χ3n) is 4.28. The van der Waals surface area contributed by atoms with Crippen LogP contribution < -0.4 is 0 Å². The Morgan fingerprint density at radius 1 is 1.08 bits per heavy atom. The molecule has 25 heavy (non-hydrogen) atoms. The predicted molar refractivity (Wildman–Crippen MR) is 86.5 cm³/mol. The van der Waals surface area contributed by atoms with Crippen molar-refractivity contribution >= 4 is 5.91 Å². The minimum absolute atomic E-state index is 0.0272. The molecule has 2 aromatic carbocycles. The maximum Gasteiger partial charge on any atom is 0.256 e. The molecule has 6 heteroatoms. The van der Waals surface area contributed by atoms with E-state index < -0.39 is 17.5 Å². The predicted octanol–water partition coefficient (Wildman–Crippen LogP) is 3.93. The van der Waals surface area contributed by atoms with Crippen LogP contribution in [0.2, 0.25) is 0 Å². The number of hydrogen-bond acceptors (Lipinski definition) is 2. The summed E-state index contributed by atoms with van der Waals surface area (Å²) in [6, 6.07) is 9.77. The molecule has 0 bridgehead atoms. The summed E-state index contributed by atoms with van der Waals surface area (Å²) in [5.41, 5.74) is 0.164. The standard InChI is InChI=1S/C19H18F3NO2/c20-16-8-2-1-7-15(16)19(24)23-10-4-6-14(11-23)25-12-13-5-3-9-17(21)18(13)22/h1-3,5,7-9,14H,4,6,10-12H2. The van der Waals surface area contributed by atoms with Crippen LogP contribution in [-0.4, -0.2) is 30.0 Å². The van der Waals surface area contributed by atoms with E-state index in [0.717, 1.165) is 6.07 Å². The third-order valence-corrected chi connectivity index (χ3v) is 4.28. The fourth-order valence-corrected chi connectivity index (χ4v) is 2.93. The molecule has 0 spiro atoms. The van der Waals surface area contributed by atoms with Crippen LogP contribution in [0.15, 0.2) is 42.5 Å². The van der Waals surface area contributed by atoms with Crippen molar-refractivity contribution in [3.8, 4) is 0 Å². The number of carbonyl (C=O) groups excluding carboxylic acids is 1. The van der Waals surface area contributed by atoms with Crippen molar-refractivity contribution in [2.75, 3.05) is 13.1 Å². The van der Waals surface area contributed by atoms with Gasteiger partial charge in [0.05, 0.1) is 18.3 Å². The van der Waals surface area contributed by atoms with Gasteiger partial charge in [-0.25, -0.2) is 13.2 Å². The first-order chi connectivity index (χ1) is 12.1. The topological polar surface area (TPSA) is 29.5 Å². The van der Waals surface area contributed by atoms with Gasteiger partial charge in [-0.1, -0.05) is 24.3 Å². The number of carbonyl (C=O) groups is 1. The molecule has 1 aliphatic heterocycles. The summed E-state index contributed by atoms with van der Waals surface area (Å²) in [5.74, 6) is -2.78. The Morgan fingerprint density at radius 2 is 1.84 bits per heavy atom. The molecule has 0 radical (unpaired) electrons. The number of amides is 1. The second-order valence-electron chi connectivity index (χ2n) is 6.02. The highest BCUT2D eigenvalue weighted by atomic mass is 19.2. The zero-order valence-corrected chi connectivity index (χ0v) is 13.6. The number of benzene rings is 2. The van der Waals surface area contributed by atoms with Crippen molar-refractivity contribution in [3.63, 3.8) is 0 Å². The molecule has 2 aromatic rings. The Hall–Kier alpha value is -2.34. The van der Waals surface area contributed by atoms with E-state index in [0.29, 0.717) is 25.9 Å². The second kappa shape index (κ2) is 7.70. The van der Waals surface area contributed by atoms with Gasteiger partial charge in [0, 0.05) is 18.7 Å². The molecule has 0 aliphatic carbocycles. The minimum atomic E-state index is -0.919. The van der Waals surface area contributed by atoms with Gasteiger partial charge in [-0.15, -0.1) is 0 Å². The first-order valence-corrected chi connectivity index (χ1v) is 8.14. The molecule has 1 unspecified atom stereocenters. The minimum Gasteiger partial charge on any atom is -0.372 e. The number of piperidine rings is 1. The maximum atomic E-state index is 13.8. The van der Waals surface area contributed by atoms with Crippen LogP contribution >= 0.6 is 0 Å². The number of rotatable bonds is 4. The molecule has 1 saturated heterocycles. The molecular weight excluding hydrogens is 331 g/mol. The normalized spacial score (nSPS) is 17.6. The van der Waals surface area contributed by atoms with Crippen LogP contribution in [0.1, 0.15) is 28.8 Å². The lowest BCUT2D eigenvalue weighted by Crippen LogP contribution is -2.43. The van der Waals surface area contributed by atoms with Gasteiger partial charge >= 0.3 is 0 Å². The van der Waals surface area contributed by atoms with E-state index in [4.69, 9.17) is 4.74 Å². The largest absolute Gasteiger partial charge is 0.372 e. The van der Waals surface area contributed by atoms with E-state index in [-0.39, 0.29) is 29.7 Å². The summed E-state index contributed by atoms with van der Waals surface area (Å²) < 4.78 is 46.3. The molecule has 0 saturated carbocycles. The summed E-state index contributed by atoms with van der Waals surface area (Å²) >= 11 is 0. The van der Waals surface area contributed by atoms with Crippen LogP contribution in [-0.2, 0) is 11.3 Å². The Morgan fingerprint density at radius 3 is 2.64 bits per heavy atom. The Labute approximate surface area is 144 Å². The Kier molecular flexibility index (Phi) is 5.38. The Balaban J connectivity index is 1.62. The van der Waals surface area contributed by atoms with Gasteiger partial charge in [0.2, 0.25) is 0 Å². The van der Waals surface area contributed by atoms with Gasteiger partial charge in [-0.05, 0) is 31.0 Å². The lowest BCUT2D eigenvalue weighted by Gasteiger charge is -2.32. The van der Waals surface area contributed by atoms with Crippen LogP contribution in [0.5, 0.6) is 0 Å². The number of likely N-dealkylation sites (tertiary alicyclic amines) is 1. The van der Waals surface area contributed by atoms with Gasteiger partial charge in [0.25, 0.3) is 5.91 Å². The highest BCUT2D eigenvalue weighted by molar-refractivity contribution is 5.94. The van der Waals surface area contributed by atoms with E-state index in [1.165, 1.54) is 35.2 Å². The smallest absolute Gasteiger partial charge is 0.256 e. The lowest BCUT2D eigenvalue weighted by molar-refractivity contribution is -0.00789. The lowest BCUT2D eigenvalue weighted by atomic mass is 10.1. The summed E-state index contributed by atoms with van der Waals surface area (Å²) in [6.07, 6.45) is 1.11. The van der Waals surface area contributed by atoms with Crippen LogP contribution in [0.25, 0.3) is 0 Å². The number of hydrogen-bond donors (Lipinski definition) is 0. The quantitative estimate of drug-likeness (QED) is 0.837. The Bertz CT molecular complexity index is 766. The van der Waals surface area contributed by atoms with Crippen LogP contribution in [0.3, 0.4) is 0 Å². The first kappa shape index (κ1) is 17.5. The third kappa shape index (κ3) is 4.02. The van der Waals surface area contributed by atoms with Crippen molar-refractivity contribution in [2.24, 2.45) is 0 Å². The summed E-state index contributed by atoms with van der Waals surface area (Å²) in [4.78, 5) is 14.0. The molecule has 3 nitrogen and oxygen atoms in total. The van der Waals surface area contributed by atoms with Crippen molar-refractivity contribution in [2.45, 2.75) is 25.6 Å². The van der Waals surface area contributed by atoms with Crippen LogP contribution in [0, 0.1) is 17.5 Å². The summed E-state index contributed by atoms with van der Waals surface area (Å²) in [6.45, 7) is 0.738. The fourth-order valence-electron chi connectivity index (χ4n) is 2.93. The molecule has 132 valence electrons. The molecule has 0 N–H and O–H groups in total. The van der Waals surface area contributed by atoms with Crippen molar-refractivity contribution in [1.82, 2.24) is 4.90 Å². The molecule has 1 atom stereocenters. The molecule has 1 heterocycles. The number of nitrogens with zero attached hydrogens (tertiary/aromatic N) is 1. The SMILES string of the molecule is O=C(c1ccccc1F)N1CCCC(OCc2cccc(F)c2F)C1. The van der Waals surface area contributed by atoms with Crippen LogP contribution in [0.4, 0.5) is 13.2 Å². The fraction of sp³-hybridized carbons (Fsp3) is 0.316. The van der Waals surface area contributed by atoms with Gasteiger partial charge in [0.1, 0.15) is 5.82 Å². The second-order valence-corrected chi connectivity index (χ2v) is 6.02. The zero-order valence-electron chi connectivity index (χ0n) is 13.6. The molecule has 1 fully saturated rings. The number of ether oxygens (including phenoxy) is 1. The van der Waals surface area contributed by atoms with Crippen molar-refractivity contribution in [3.05, 3.63) is 71.0 Å².